The van der Waals surface area contributed by atoms with Gasteiger partial charge in [0.25, 0.3) is 5.91 Å². The van der Waals surface area contributed by atoms with Crippen molar-refractivity contribution >= 4 is 17.2 Å². The van der Waals surface area contributed by atoms with E-state index in [1.54, 1.807) is 30.3 Å². The standard InChI is InChI=1S/C13H11F3N2OS/c14-13(15,16)11(6-9-4-2-1-3-5-9)18-12(19)10-7-20-8-17-10/h1-5,7-8,11H,6H2,(H,18,19). The van der Waals surface area contributed by atoms with Gasteiger partial charge in [0.15, 0.2) is 0 Å². The number of hydrogen-bond donors (Lipinski definition) is 1. The molecule has 0 radical (unpaired) electrons. The Balaban J connectivity index is 2.11. The lowest BCUT2D eigenvalue weighted by Gasteiger charge is -2.21. The molecule has 0 fully saturated rings. The first kappa shape index (κ1) is 14.5. The smallest absolute Gasteiger partial charge is 0.339 e. The molecule has 0 saturated heterocycles. The molecule has 7 heteroatoms. The number of rotatable bonds is 4. The van der Waals surface area contributed by atoms with Gasteiger partial charge in [0.05, 0.1) is 5.51 Å². The Hall–Kier alpha value is -1.89. The van der Waals surface area contributed by atoms with Crippen molar-refractivity contribution in [2.24, 2.45) is 0 Å². The average Bonchev–Trinajstić information content (AvgIpc) is 2.92. The number of halogens is 3. The minimum absolute atomic E-state index is 0.00249. The summed E-state index contributed by atoms with van der Waals surface area (Å²) in [5.74, 6) is -0.815. The van der Waals surface area contributed by atoms with Crippen LogP contribution in [0.4, 0.5) is 13.2 Å². The summed E-state index contributed by atoms with van der Waals surface area (Å²) < 4.78 is 38.9. The van der Waals surface area contributed by atoms with Gasteiger partial charge in [-0.25, -0.2) is 4.98 Å². The highest BCUT2D eigenvalue weighted by Crippen LogP contribution is 2.23. The molecule has 1 amide bonds. The number of benzene rings is 1. The second-order valence-electron chi connectivity index (χ2n) is 4.13. The van der Waals surface area contributed by atoms with E-state index < -0.39 is 18.1 Å². The zero-order valence-electron chi connectivity index (χ0n) is 10.2. The molecule has 0 aliphatic heterocycles. The third kappa shape index (κ3) is 3.80. The lowest BCUT2D eigenvalue weighted by atomic mass is 10.1. The maximum atomic E-state index is 13.0. The van der Waals surface area contributed by atoms with Crippen molar-refractivity contribution in [1.29, 1.82) is 0 Å². The zero-order chi connectivity index (χ0) is 14.6. The maximum Gasteiger partial charge on any atom is 0.408 e. The van der Waals surface area contributed by atoms with E-state index >= 15 is 0 Å². The molecule has 2 aromatic rings. The van der Waals surface area contributed by atoms with Gasteiger partial charge < -0.3 is 5.32 Å². The monoisotopic (exact) mass is 300 g/mol. The Morgan fingerprint density at radius 1 is 1.30 bits per heavy atom. The molecule has 0 aliphatic carbocycles. The molecule has 1 aromatic carbocycles. The van der Waals surface area contributed by atoms with Gasteiger partial charge in [-0.15, -0.1) is 11.3 Å². The van der Waals surface area contributed by atoms with Gasteiger partial charge in [-0.3, -0.25) is 4.79 Å². The minimum Gasteiger partial charge on any atom is -0.339 e. The first-order chi connectivity index (χ1) is 9.47. The van der Waals surface area contributed by atoms with Gasteiger partial charge in [-0.2, -0.15) is 13.2 Å². The summed E-state index contributed by atoms with van der Waals surface area (Å²) in [6.07, 6.45) is -4.82. The molecule has 0 aliphatic rings. The SMILES string of the molecule is O=C(NC(Cc1ccccc1)C(F)(F)F)c1cscn1. The molecule has 3 nitrogen and oxygen atoms in total. The predicted molar refractivity (Wildman–Crippen MR) is 69.6 cm³/mol. The summed E-state index contributed by atoms with van der Waals surface area (Å²) in [5, 5.41) is 3.40. The highest BCUT2D eigenvalue weighted by Gasteiger charge is 2.40. The fraction of sp³-hybridized carbons (Fsp3) is 0.231. The van der Waals surface area contributed by atoms with Gasteiger partial charge in [-0.1, -0.05) is 30.3 Å². The zero-order valence-corrected chi connectivity index (χ0v) is 11.0. The predicted octanol–water partition coefficient (Wildman–Crippen LogP) is 3.05. The molecule has 1 atom stereocenters. The van der Waals surface area contributed by atoms with Crippen molar-refractivity contribution in [3.05, 3.63) is 52.5 Å². The van der Waals surface area contributed by atoms with Crippen LogP contribution in [0.2, 0.25) is 0 Å². The molecule has 2 rings (SSSR count). The molecule has 1 N–H and O–H groups in total. The number of carbonyl (C=O) groups is 1. The van der Waals surface area contributed by atoms with Crippen molar-refractivity contribution in [1.82, 2.24) is 10.3 Å². The number of alkyl halides is 3. The van der Waals surface area contributed by atoms with Crippen LogP contribution in [-0.4, -0.2) is 23.1 Å². The molecular weight excluding hydrogens is 289 g/mol. The van der Waals surface area contributed by atoms with Crippen LogP contribution < -0.4 is 5.32 Å². The second kappa shape index (κ2) is 6.04. The van der Waals surface area contributed by atoms with E-state index in [0.29, 0.717) is 5.56 Å². The number of nitrogens with one attached hydrogen (secondary N) is 1. The van der Waals surface area contributed by atoms with E-state index in [9.17, 15) is 18.0 Å². The highest BCUT2D eigenvalue weighted by molar-refractivity contribution is 7.07. The van der Waals surface area contributed by atoms with Crippen LogP contribution in [0.25, 0.3) is 0 Å². The number of nitrogens with zero attached hydrogens (tertiary/aromatic N) is 1. The Morgan fingerprint density at radius 3 is 2.55 bits per heavy atom. The Kier molecular flexibility index (Phi) is 4.39. The number of hydrogen-bond acceptors (Lipinski definition) is 3. The van der Waals surface area contributed by atoms with Gasteiger partial charge in [0.1, 0.15) is 11.7 Å². The first-order valence-electron chi connectivity index (χ1n) is 5.76. The molecule has 106 valence electrons. The third-order valence-corrected chi connectivity index (χ3v) is 3.23. The van der Waals surface area contributed by atoms with Crippen molar-refractivity contribution in [3.63, 3.8) is 0 Å². The van der Waals surface area contributed by atoms with Gasteiger partial charge in [0.2, 0.25) is 0 Å². The first-order valence-corrected chi connectivity index (χ1v) is 6.71. The summed E-state index contributed by atoms with van der Waals surface area (Å²) in [6, 6.07) is 6.29. The van der Waals surface area contributed by atoms with E-state index in [4.69, 9.17) is 0 Å². The normalized spacial score (nSPS) is 12.9. The van der Waals surface area contributed by atoms with Crippen LogP contribution in [0.5, 0.6) is 0 Å². The Morgan fingerprint density at radius 2 is 2.00 bits per heavy atom. The molecular formula is C13H11F3N2OS. The van der Waals surface area contributed by atoms with Crippen molar-refractivity contribution < 1.29 is 18.0 Å². The van der Waals surface area contributed by atoms with Crippen LogP contribution in [0, 0.1) is 0 Å². The molecule has 1 unspecified atom stereocenters. The van der Waals surface area contributed by atoms with Crippen LogP contribution in [0.3, 0.4) is 0 Å². The Labute approximate surface area is 117 Å². The van der Waals surface area contributed by atoms with Crippen LogP contribution >= 0.6 is 11.3 Å². The molecule has 20 heavy (non-hydrogen) atoms. The van der Waals surface area contributed by atoms with E-state index in [1.165, 1.54) is 10.9 Å². The van der Waals surface area contributed by atoms with Gasteiger partial charge >= 0.3 is 6.18 Å². The van der Waals surface area contributed by atoms with Gasteiger partial charge in [-0.05, 0) is 5.56 Å². The number of thiazole rings is 1. The third-order valence-electron chi connectivity index (χ3n) is 2.65. The molecule has 0 bridgehead atoms. The minimum atomic E-state index is -4.51. The van der Waals surface area contributed by atoms with Crippen LogP contribution in [0.1, 0.15) is 16.1 Å². The van der Waals surface area contributed by atoms with E-state index in [0.717, 1.165) is 11.3 Å². The summed E-state index contributed by atoms with van der Waals surface area (Å²) in [5.41, 5.74) is 1.90. The summed E-state index contributed by atoms with van der Waals surface area (Å²) >= 11 is 1.15. The number of aromatic nitrogens is 1. The topological polar surface area (TPSA) is 42.0 Å². The van der Waals surface area contributed by atoms with Crippen molar-refractivity contribution in [2.45, 2.75) is 18.6 Å². The van der Waals surface area contributed by atoms with E-state index in [-0.39, 0.29) is 12.1 Å². The highest BCUT2D eigenvalue weighted by atomic mass is 32.1. The summed E-state index contributed by atoms with van der Waals surface area (Å²) in [4.78, 5) is 15.4. The maximum absolute atomic E-state index is 13.0. The molecule has 1 heterocycles. The van der Waals surface area contributed by atoms with Gasteiger partial charge in [0, 0.05) is 11.8 Å². The lowest BCUT2D eigenvalue weighted by molar-refractivity contribution is -0.153. The van der Waals surface area contributed by atoms with Crippen LogP contribution in [0.15, 0.2) is 41.2 Å². The largest absolute Gasteiger partial charge is 0.408 e. The Bertz CT molecular complexity index is 555. The van der Waals surface area contributed by atoms with E-state index in [2.05, 4.69) is 4.98 Å². The van der Waals surface area contributed by atoms with Crippen molar-refractivity contribution in [3.8, 4) is 0 Å². The van der Waals surface area contributed by atoms with Crippen molar-refractivity contribution in [2.75, 3.05) is 0 Å². The average molecular weight is 300 g/mol. The number of amides is 1. The fourth-order valence-electron chi connectivity index (χ4n) is 1.66. The molecule has 1 aromatic heterocycles. The summed E-state index contributed by atoms with van der Waals surface area (Å²) in [6.45, 7) is 0. The number of carbonyl (C=O) groups excluding carboxylic acids is 1. The molecule has 0 saturated carbocycles. The molecule has 0 spiro atoms. The fourth-order valence-corrected chi connectivity index (χ4v) is 2.19. The van der Waals surface area contributed by atoms with Crippen LogP contribution in [-0.2, 0) is 6.42 Å². The second-order valence-corrected chi connectivity index (χ2v) is 4.85. The summed E-state index contributed by atoms with van der Waals surface area (Å²) in [7, 11) is 0. The lowest BCUT2D eigenvalue weighted by Crippen LogP contribution is -2.46. The quantitative estimate of drug-likeness (QED) is 0.943. The van der Waals surface area contributed by atoms with E-state index in [1.807, 2.05) is 5.32 Å².